The second-order valence-corrected chi connectivity index (χ2v) is 6.69. The van der Waals surface area contributed by atoms with Crippen LogP contribution >= 0.6 is 0 Å². The zero-order valence-corrected chi connectivity index (χ0v) is 19.3. The van der Waals surface area contributed by atoms with Gasteiger partial charge in [0.25, 0.3) is 0 Å². The molecule has 0 unspecified atom stereocenters. The average molecular weight is 455 g/mol. The summed E-state index contributed by atoms with van der Waals surface area (Å²) in [6.45, 7) is 12.6. The molecular formula is C21H31Cl2N3Ni. The first-order valence-electron chi connectivity index (χ1n) is 8.77. The molecular weight excluding hydrogens is 424 g/mol. The second-order valence-electron chi connectivity index (χ2n) is 6.69. The minimum Gasteiger partial charge on any atom is -1.00 e. The van der Waals surface area contributed by atoms with Crippen LogP contribution in [0.25, 0.3) is 0 Å². The molecule has 0 aromatic heterocycles. The molecule has 3 nitrogen and oxygen atoms in total. The van der Waals surface area contributed by atoms with Gasteiger partial charge in [0.2, 0.25) is 0 Å². The Bertz CT molecular complexity index is 582. The summed E-state index contributed by atoms with van der Waals surface area (Å²) in [7, 11) is 2.18. The van der Waals surface area contributed by atoms with E-state index in [1.54, 1.807) is 0 Å². The van der Waals surface area contributed by atoms with Crippen LogP contribution in [0.4, 0.5) is 11.4 Å². The van der Waals surface area contributed by atoms with Crippen molar-refractivity contribution in [2.45, 2.75) is 27.7 Å². The number of halogens is 2. The smallest absolute Gasteiger partial charge is 1.00 e. The summed E-state index contributed by atoms with van der Waals surface area (Å²) in [6, 6.07) is 12.9. The van der Waals surface area contributed by atoms with Crippen molar-refractivity contribution in [1.29, 1.82) is 0 Å². The maximum Gasteiger partial charge on any atom is 2.00 e. The number of para-hydroxylation sites is 2. The van der Waals surface area contributed by atoms with Crippen LogP contribution in [0.15, 0.2) is 36.4 Å². The van der Waals surface area contributed by atoms with Gasteiger partial charge < -0.3 is 40.3 Å². The van der Waals surface area contributed by atoms with Gasteiger partial charge in [-0.1, -0.05) is 36.4 Å². The molecule has 2 N–H and O–H groups in total. The van der Waals surface area contributed by atoms with Crippen LogP contribution in [0.5, 0.6) is 0 Å². The van der Waals surface area contributed by atoms with Crippen molar-refractivity contribution in [3.05, 3.63) is 58.7 Å². The van der Waals surface area contributed by atoms with Gasteiger partial charge in [0.05, 0.1) is 0 Å². The van der Waals surface area contributed by atoms with Gasteiger partial charge in [0.15, 0.2) is 0 Å². The van der Waals surface area contributed by atoms with Gasteiger partial charge in [-0.3, -0.25) is 0 Å². The molecule has 0 spiro atoms. The summed E-state index contributed by atoms with van der Waals surface area (Å²) >= 11 is 0. The molecule has 2 aromatic rings. The van der Waals surface area contributed by atoms with Crippen LogP contribution in [-0.4, -0.2) is 38.1 Å². The Morgan fingerprint density at radius 2 is 0.963 bits per heavy atom. The van der Waals surface area contributed by atoms with Gasteiger partial charge in [-0.25, -0.2) is 0 Å². The quantitative estimate of drug-likeness (QED) is 0.470. The third-order valence-corrected chi connectivity index (χ3v) is 4.55. The van der Waals surface area contributed by atoms with E-state index in [4.69, 9.17) is 0 Å². The fraction of sp³-hybridized carbons (Fsp3) is 0.429. The van der Waals surface area contributed by atoms with Gasteiger partial charge >= 0.3 is 16.5 Å². The first-order chi connectivity index (χ1) is 11.5. The first-order valence-corrected chi connectivity index (χ1v) is 8.77. The van der Waals surface area contributed by atoms with Crippen LogP contribution in [0, 0.1) is 27.7 Å². The molecule has 0 radical (unpaired) electrons. The standard InChI is InChI=1S/C21H31N3.2ClH.Ni/c1-16-8-6-9-17(2)20(16)22-12-14-24(5)15-13-23-21-18(3)10-7-11-19(21)4;;;/h6-11,22-23H,12-15H2,1-5H3;2*1H;/q;;;+2/p-2. The Balaban J connectivity index is 0. The molecule has 27 heavy (non-hydrogen) atoms. The van der Waals surface area contributed by atoms with Crippen molar-refractivity contribution in [3.8, 4) is 0 Å². The van der Waals surface area contributed by atoms with E-state index in [-0.39, 0.29) is 41.3 Å². The Hall–Kier alpha value is -0.926. The zero-order chi connectivity index (χ0) is 17.5. The molecule has 0 aliphatic heterocycles. The van der Waals surface area contributed by atoms with E-state index in [1.807, 2.05) is 0 Å². The molecule has 2 aromatic carbocycles. The maximum absolute atomic E-state index is 3.58. The van der Waals surface area contributed by atoms with E-state index in [0.717, 1.165) is 26.2 Å². The predicted octanol–water partition coefficient (Wildman–Crippen LogP) is -1.62. The second kappa shape index (κ2) is 14.1. The number of anilines is 2. The Labute approximate surface area is 187 Å². The maximum atomic E-state index is 3.58. The number of hydrogen-bond donors (Lipinski definition) is 2. The summed E-state index contributed by atoms with van der Waals surface area (Å²) < 4.78 is 0. The van der Waals surface area contributed by atoms with Gasteiger partial charge in [0.1, 0.15) is 0 Å². The summed E-state index contributed by atoms with van der Waals surface area (Å²) in [4.78, 5) is 2.36. The van der Waals surface area contributed by atoms with Crippen molar-refractivity contribution in [3.63, 3.8) is 0 Å². The van der Waals surface area contributed by atoms with E-state index in [0.29, 0.717) is 0 Å². The predicted molar refractivity (Wildman–Crippen MR) is 106 cm³/mol. The number of nitrogens with zero attached hydrogens (tertiary/aromatic N) is 1. The van der Waals surface area contributed by atoms with Crippen molar-refractivity contribution in [2.75, 3.05) is 43.9 Å². The monoisotopic (exact) mass is 453 g/mol. The molecule has 0 aliphatic carbocycles. The Kier molecular flexibility index (Phi) is 14.8. The van der Waals surface area contributed by atoms with E-state index in [1.165, 1.54) is 33.6 Å². The largest absolute Gasteiger partial charge is 2.00 e. The molecule has 0 bridgehead atoms. The van der Waals surface area contributed by atoms with E-state index in [9.17, 15) is 0 Å². The SMILES string of the molecule is Cc1cccc(C)c1NCCN(C)CCNc1c(C)cccc1C.[Cl-].[Cl-].[Ni+2]. The van der Waals surface area contributed by atoms with Gasteiger partial charge in [-0.05, 0) is 57.0 Å². The number of nitrogens with one attached hydrogen (secondary N) is 2. The van der Waals surface area contributed by atoms with Gasteiger partial charge in [0, 0.05) is 37.6 Å². The van der Waals surface area contributed by atoms with Crippen LogP contribution in [-0.2, 0) is 16.5 Å². The molecule has 0 saturated heterocycles. The molecule has 0 atom stereocenters. The number of likely N-dealkylation sites (N-methyl/N-ethyl adjacent to an activating group) is 1. The van der Waals surface area contributed by atoms with Crippen molar-refractivity contribution in [1.82, 2.24) is 4.90 Å². The molecule has 0 heterocycles. The first kappa shape index (κ1) is 28.3. The summed E-state index contributed by atoms with van der Waals surface area (Å²) in [5, 5.41) is 7.15. The summed E-state index contributed by atoms with van der Waals surface area (Å²) in [5.41, 5.74) is 7.81. The topological polar surface area (TPSA) is 27.3 Å². The molecule has 0 amide bonds. The molecule has 0 fully saturated rings. The molecule has 154 valence electrons. The van der Waals surface area contributed by atoms with Crippen LogP contribution < -0.4 is 35.4 Å². The minimum absolute atomic E-state index is 0. The molecule has 2 rings (SSSR count). The van der Waals surface area contributed by atoms with Crippen molar-refractivity contribution >= 4 is 11.4 Å². The van der Waals surface area contributed by atoms with E-state index < -0.39 is 0 Å². The summed E-state index contributed by atoms with van der Waals surface area (Å²) in [6.07, 6.45) is 0. The third kappa shape index (κ3) is 8.74. The van der Waals surface area contributed by atoms with E-state index >= 15 is 0 Å². The Morgan fingerprint density at radius 1 is 0.667 bits per heavy atom. The minimum atomic E-state index is 0. The molecule has 0 saturated carbocycles. The fourth-order valence-corrected chi connectivity index (χ4v) is 3.04. The third-order valence-electron chi connectivity index (χ3n) is 4.55. The number of benzene rings is 2. The van der Waals surface area contributed by atoms with Crippen molar-refractivity contribution < 1.29 is 41.3 Å². The number of rotatable bonds is 8. The number of hydrogen-bond acceptors (Lipinski definition) is 3. The molecule has 0 aliphatic rings. The van der Waals surface area contributed by atoms with Crippen molar-refractivity contribution in [2.24, 2.45) is 0 Å². The average Bonchev–Trinajstić information content (AvgIpc) is 2.53. The molecule has 6 heteroatoms. The van der Waals surface area contributed by atoms with Crippen LogP contribution in [0.3, 0.4) is 0 Å². The normalized spacial score (nSPS) is 9.70. The van der Waals surface area contributed by atoms with Gasteiger partial charge in [-0.15, -0.1) is 0 Å². The van der Waals surface area contributed by atoms with Crippen LogP contribution in [0.2, 0.25) is 0 Å². The fourth-order valence-electron chi connectivity index (χ4n) is 3.04. The van der Waals surface area contributed by atoms with Crippen LogP contribution in [0.1, 0.15) is 22.3 Å². The van der Waals surface area contributed by atoms with Gasteiger partial charge in [-0.2, -0.15) is 0 Å². The summed E-state index contributed by atoms with van der Waals surface area (Å²) in [5.74, 6) is 0. The Morgan fingerprint density at radius 3 is 1.26 bits per heavy atom. The zero-order valence-electron chi connectivity index (χ0n) is 16.8. The number of aryl methyl sites for hydroxylation is 4. The van der Waals surface area contributed by atoms with E-state index in [2.05, 4.69) is 86.7 Å².